The van der Waals surface area contributed by atoms with E-state index in [2.05, 4.69) is 60.5 Å². The molecule has 2 rings (SSSR count). The van der Waals surface area contributed by atoms with Crippen LogP contribution in [-0.2, 0) is 42.3 Å². The van der Waals surface area contributed by atoms with Crippen LogP contribution in [0.4, 0.5) is 0 Å². The summed E-state index contributed by atoms with van der Waals surface area (Å²) in [6, 6.07) is 18.1. The maximum atomic E-state index is 5.10. The fraction of sp³-hybridized carbons (Fsp3) is 0.136. The number of nitrogens with one attached hydrogen (secondary N) is 2. The molecule has 2 aromatic carbocycles. The molecule has 0 atom stereocenters. The molecule has 32 heavy (non-hydrogen) atoms. The van der Waals surface area contributed by atoms with Gasteiger partial charge in [0.05, 0.1) is 17.6 Å². The summed E-state index contributed by atoms with van der Waals surface area (Å²) in [6.07, 6.45) is 5.80. The summed E-state index contributed by atoms with van der Waals surface area (Å²) in [7, 11) is 1.58. The molecular formula is C22H23CuN7S2. The van der Waals surface area contributed by atoms with E-state index < -0.39 is 0 Å². The van der Waals surface area contributed by atoms with Gasteiger partial charge in [-0.3, -0.25) is 15.8 Å². The molecule has 0 bridgehead atoms. The Bertz CT molecular complexity index is 1030. The van der Waals surface area contributed by atoms with E-state index in [-0.39, 0.29) is 27.4 Å². The Labute approximate surface area is 210 Å². The summed E-state index contributed by atoms with van der Waals surface area (Å²) in [4.78, 5) is 3.78. The molecule has 0 aliphatic carbocycles. The zero-order valence-corrected chi connectivity index (χ0v) is 20.4. The van der Waals surface area contributed by atoms with Gasteiger partial charge >= 0.3 is 17.1 Å². The molecule has 0 saturated heterocycles. The normalized spacial score (nSPS) is 13.3. The second-order valence-corrected chi connectivity index (χ2v) is 6.98. The van der Waals surface area contributed by atoms with Gasteiger partial charge in [0.25, 0.3) is 0 Å². The van der Waals surface area contributed by atoms with Crippen LogP contribution < -0.4 is 10.9 Å². The maximum absolute atomic E-state index is 5.10. The Morgan fingerprint density at radius 3 is 1.97 bits per heavy atom. The number of benzene rings is 2. The van der Waals surface area contributed by atoms with Gasteiger partial charge in [0, 0.05) is 12.2 Å². The largest absolute Gasteiger partial charge is 2.00 e. The van der Waals surface area contributed by atoms with Crippen LogP contribution in [0.5, 0.6) is 0 Å². The van der Waals surface area contributed by atoms with Crippen LogP contribution >= 0.6 is 0 Å². The molecule has 2 aromatic rings. The molecule has 0 saturated carbocycles. The van der Waals surface area contributed by atoms with Crippen molar-refractivity contribution in [3.63, 3.8) is 0 Å². The average molecular weight is 513 g/mol. The van der Waals surface area contributed by atoms with Crippen molar-refractivity contribution in [3.05, 3.63) is 71.3 Å². The SMILES string of the molecule is CN=C([S-])N/N=C(C)/C(C)=N/N=C(\[S-])N/N=C/c1ccc(/C=C/c2ccccc2)cc1.[Cu+2]. The summed E-state index contributed by atoms with van der Waals surface area (Å²) in [6.45, 7) is 3.53. The Kier molecular flexibility index (Phi) is 12.7. The number of hydrogen-bond acceptors (Lipinski definition) is 7. The van der Waals surface area contributed by atoms with Crippen LogP contribution in [0.15, 0.2) is 80.0 Å². The number of hydrazone groups is 2. The number of aliphatic imine (C=N–C) groups is 1. The first kappa shape index (κ1) is 27.1. The van der Waals surface area contributed by atoms with Crippen molar-refractivity contribution < 1.29 is 17.1 Å². The first-order valence-electron chi connectivity index (χ1n) is 9.34. The maximum Gasteiger partial charge on any atom is 2.00 e. The predicted octanol–water partition coefficient (Wildman–Crippen LogP) is 3.56. The number of hydrogen-bond donors (Lipinski definition) is 2. The third kappa shape index (κ3) is 10.4. The second-order valence-electron chi connectivity index (χ2n) is 6.21. The van der Waals surface area contributed by atoms with E-state index in [4.69, 9.17) is 25.3 Å². The standard InChI is InChI=1S/C22H25N7S2.Cu/c1-16(25-28-21(30)23-3)17(2)26-29-22(31)27-24-15-20-13-11-19(12-14-20)10-9-18-7-5-4-6-8-18;/h4-15H,1-3H3,(H2,23,28,30)(H2,27,29,31);/q;+2/p-2/b10-9+,24-15+,25-16+,26-17+;. The van der Waals surface area contributed by atoms with Crippen molar-refractivity contribution in [3.8, 4) is 0 Å². The smallest absolute Gasteiger partial charge is 0.741 e. The van der Waals surface area contributed by atoms with E-state index in [1.165, 1.54) is 0 Å². The van der Waals surface area contributed by atoms with Crippen LogP contribution in [-0.4, -0.2) is 35.0 Å². The van der Waals surface area contributed by atoms with Gasteiger partial charge in [0.15, 0.2) is 0 Å². The van der Waals surface area contributed by atoms with Crippen LogP contribution in [0.3, 0.4) is 0 Å². The number of amidine groups is 2. The van der Waals surface area contributed by atoms with Crippen molar-refractivity contribution in [1.29, 1.82) is 0 Å². The topological polar surface area (TPSA) is 85.9 Å². The van der Waals surface area contributed by atoms with E-state index in [0.717, 1.165) is 16.7 Å². The van der Waals surface area contributed by atoms with Gasteiger partial charge in [-0.25, -0.2) is 0 Å². The fourth-order valence-corrected chi connectivity index (χ4v) is 2.23. The van der Waals surface area contributed by atoms with E-state index in [1.807, 2.05) is 42.5 Å². The van der Waals surface area contributed by atoms with Crippen LogP contribution in [0.25, 0.3) is 12.2 Å². The summed E-state index contributed by atoms with van der Waals surface area (Å²) in [5, 5.41) is 16.5. The molecule has 10 heteroatoms. The van der Waals surface area contributed by atoms with E-state index in [9.17, 15) is 0 Å². The minimum atomic E-state index is 0. The summed E-state index contributed by atoms with van der Waals surface area (Å²) >= 11 is 10.00. The predicted molar refractivity (Wildman–Crippen MR) is 137 cm³/mol. The van der Waals surface area contributed by atoms with E-state index in [1.54, 1.807) is 27.1 Å². The van der Waals surface area contributed by atoms with Gasteiger partial charge in [-0.2, -0.15) is 20.4 Å². The third-order valence-corrected chi connectivity index (χ3v) is 4.36. The number of nitrogens with zero attached hydrogens (tertiary/aromatic N) is 5. The minimum absolute atomic E-state index is 0. The molecule has 1 radical (unpaired) electrons. The number of rotatable bonds is 7. The van der Waals surface area contributed by atoms with Crippen molar-refractivity contribution in [2.24, 2.45) is 25.4 Å². The van der Waals surface area contributed by atoms with E-state index in [0.29, 0.717) is 11.4 Å². The first-order valence-corrected chi connectivity index (χ1v) is 10.2. The van der Waals surface area contributed by atoms with Crippen LogP contribution in [0.2, 0.25) is 0 Å². The molecule has 169 valence electrons. The minimum Gasteiger partial charge on any atom is -0.741 e. The summed E-state index contributed by atoms with van der Waals surface area (Å²) < 4.78 is 0. The molecule has 0 spiro atoms. The molecule has 0 heterocycles. The molecule has 2 N–H and O–H groups in total. The van der Waals surface area contributed by atoms with Crippen LogP contribution in [0, 0.1) is 0 Å². The van der Waals surface area contributed by atoms with Crippen molar-refractivity contribution >= 4 is 65.4 Å². The average Bonchev–Trinajstić information content (AvgIpc) is 2.80. The Morgan fingerprint density at radius 1 is 0.750 bits per heavy atom. The van der Waals surface area contributed by atoms with Crippen molar-refractivity contribution in [2.45, 2.75) is 13.8 Å². The molecule has 0 aliphatic rings. The van der Waals surface area contributed by atoms with Gasteiger partial charge in [0.1, 0.15) is 0 Å². The van der Waals surface area contributed by atoms with Gasteiger partial charge in [0.2, 0.25) is 0 Å². The molecule has 0 amide bonds. The molecule has 0 aliphatic heterocycles. The summed E-state index contributed by atoms with van der Waals surface area (Å²) in [5.74, 6) is 0. The zero-order chi connectivity index (χ0) is 22.5. The Hall–Kier alpha value is -2.91. The van der Waals surface area contributed by atoms with Gasteiger partial charge in [-0.15, -0.1) is 0 Å². The Morgan fingerprint density at radius 2 is 1.34 bits per heavy atom. The van der Waals surface area contributed by atoms with E-state index >= 15 is 0 Å². The molecule has 0 unspecified atom stereocenters. The molecule has 0 fully saturated rings. The van der Waals surface area contributed by atoms with Gasteiger partial charge in [-0.1, -0.05) is 66.7 Å². The quantitative estimate of drug-likeness (QED) is 0.148. The molecule has 0 aromatic heterocycles. The third-order valence-electron chi connectivity index (χ3n) is 3.91. The molecular weight excluding hydrogens is 490 g/mol. The second kappa shape index (κ2) is 15.0. The zero-order valence-electron chi connectivity index (χ0n) is 17.8. The monoisotopic (exact) mass is 512 g/mol. The molecule has 7 nitrogen and oxygen atoms in total. The Balaban J connectivity index is 0.00000512. The first-order chi connectivity index (χ1) is 15.0. The summed E-state index contributed by atoms with van der Waals surface area (Å²) in [5.41, 5.74) is 9.68. The fourth-order valence-electron chi connectivity index (χ4n) is 2.09. The van der Waals surface area contributed by atoms with Crippen molar-refractivity contribution in [2.75, 3.05) is 7.05 Å². The van der Waals surface area contributed by atoms with Gasteiger partial charge in [-0.05, 0) is 35.7 Å². The van der Waals surface area contributed by atoms with Crippen LogP contribution in [0.1, 0.15) is 30.5 Å². The van der Waals surface area contributed by atoms with Crippen molar-refractivity contribution in [1.82, 2.24) is 10.9 Å². The van der Waals surface area contributed by atoms with Gasteiger partial charge < -0.3 is 25.3 Å².